The van der Waals surface area contributed by atoms with Gasteiger partial charge < -0.3 is 5.73 Å². The fraction of sp³-hybridized carbons (Fsp3) is 0.222. The van der Waals surface area contributed by atoms with Gasteiger partial charge in [0.25, 0.3) is 0 Å². The maximum absolute atomic E-state index is 12.4. The van der Waals surface area contributed by atoms with Crippen LogP contribution in [0.1, 0.15) is 23.7 Å². The molecule has 0 fully saturated rings. The first-order valence-electron chi connectivity index (χ1n) is 7.89. The first-order chi connectivity index (χ1) is 12.1. The highest BCUT2D eigenvalue weighted by Crippen LogP contribution is 2.43. The highest BCUT2D eigenvalue weighted by molar-refractivity contribution is 7.90. The van der Waals surface area contributed by atoms with E-state index in [9.17, 15) is 8.42 Å². The Balaban J connectivity index is 2.27. The van der Waals surface area contributed by atoms with Crippen LogP contribution in [0.3, 0.4) is 0 Å². The number of anilines is 1. The van der Waals surface area contributed by atoms with Gasteiger partial charge in [-0.3, -0.25) is 0 Å². The highest BCUT2D eigenvalue weighted by Gasteiger charge is 2.46. The number of rotatable bonds is 3. The predicted octanol–water partition coefficient (Wildman–Crippen LogP) is 2.50. The van der Waals surface area contributed by atoms with Gasteiger partial charge in [-0.25, -0.2) is 23.5 Å². The minimum Gasteiger partial charge on any atom is -0.368 e. The van der Waals surface area contributed by atoms with Crippen LogP contribution in [0, 0.1) is 6.92 Å². The van der Waals surface area contributed by atoms with Gasteiger partial charge >= 0.3 is 0 Å². The molecule has 0 aliphatic heterocycles. The molecule has 1 aromatic carbocycles. The summed E-state index contributed by atoms with van der Waals surface area (Å²) in [5.74, 6) is 0.152. The average Bonchev–Trinajstić information content (AvgIpc) is 2.57. The highest BCUT2D eigenvalue weighted by atomic mass is 35.5. The smallest absolute Gasteiger partial charge is 0.220 e. The molecule has 0 amide bonds. The van der Waals surface area contributed by atoms with E-state index in [1.165, 1.54) is 6.92 Å². The molecule has 1 heterocycles. The zero-order valence-electron chi connectivity index (χ0n) is 14.3. The number of primary sulfonamides is 1. The first-order valence-corrected chi connectivity index (χ1v) is 9.87. The van der Waals surface area contributed by atoms with Crippen LogP contribution in [-0.4, -0.2) is 28.5 Å². The standard InChI is InChI=1S/C18H19ClN4O2S/c1-11-15(10-22-17(20)23-11)13-8-14(12-6-4-3-5-7-12)16(19)18(2,9-13)26(21,24)25/h3-10,16H,1-2H3,(H2,20,22,23)(H2,21,24,25). The molecule has 0 saturated heterocycles. The second kappa shape index (κ2) is 6.50. The van der Waals surface area contributed by atoms with Crippen LogP contribution in [0.15, 0.2) is 48.7 Å². The van der Waals surface area contributed by atoms with E-state index >= 15 is 0 Å². The summed E-state index contributed by atoms with van der Waals surface area (Å²) in [5.41, 5.74) is 9.05. The predicted molar refractivity (Wildman–Crippen MR) is 105 cm³/mol. The number of nitrogens with zero attached hydrogens (tertiary/aromatic N) is 2. The third kappa shape index (κ3) is 3.13. The lowest BCUT2D eigenvalue weighted by atomic mass is 9.84. The van der Waals surface area contributed by atoms with Crippen LogP contribution in [-0.2, 0) is 10.0 Å². The summed E-state index contributed by atoms with van der Waals surface area (Å²) in [7, 11) is -3.99. The number of hydrogen-bond donors (Lipinski definition) is 2. The molecule has 0 saturated carbocycles. The molecule has 0 bridgehead atoms. The Morgan fingerprint density at radius 2 is 1.88 bits per heavy atom. The third-order valence-electron chi connectivity index (χ3n) is 4.56. The van der Waals surface area contributed by atoms with Gasteiger partial charge in [-0.05, 0) is 36.6 Å². The van der Waals surface area contributed by atoms with E-state index in [1.54, 1.807) is 19.2 Å². The van der Waals surface area contributed by atoms with Crippen LogP contribution >= 0.6 is 11.6 Å². The Labute approximate surface area is 157 Å². The van der Waals surface area contributed by atoms with Gasteiger partial charge in [0.2, 0.25) is 16.0 Å². The molecule has 8 heteroatoms. The summed E-state index contributed by atoms with van der Waals surface area (Å²) in [4.78, 5) is 8.18. The average molecular weight is 391 g/mol. The van der Waals surface area contributed by atoms with Gasteiger partial charge in [0.05, 0.1) is 11.1 Å². The number of sulfonamides is 1. The number of nitrogen functional groups attached to an aromatic ring is 1. The van der Waals surface area contributed by atoms with Crippen molar-refractivity contribution in [1.29, 1.82) is 0 Å². The van der Waals surface area contributed by atoms with Crippen molar-refractivity contribution in [3.63, 3.8) is 0 Å². The zero-order valence-corrected chi connectivity index (χ0v) is 15.9. The van der Waals surface area contributed by atoms with E-state index in [0.29, 0.717) is 22.4 Å². The summed E-state index contributed by atoms with van der Waals surface area (Å²) < 4.78 is 23.3. The fourth-order valence-electron chi connectivity index (χ4n) is 2.98. The van der Waals surface area contributed by atoms with Crippen molar-refractivity contribution in [3.05, 3.63) is 65.5 Å². The number of aromatic nitrogens is 2. The maximum atomic E-state index is 12.4. The maximum Gasteiger partial charge on any atom is 0.220 e. The molecule has 2 aromatic rings. The number of allylic oxidation sites excluding steroid dienone is 3. The van der Waals surface area contributed by atoms with Gasteiger partial charge in [-0.1, -0.05) is 36.4 Å². The monoisotopic (exact) mass is 390 g/mol. The lowest BCUT2D eigenvalue weighted by Gasteiger charge is -2.35. The fourth-order valence-corrected chi connectivity index (χ4v) is 4.31. The molecule has 1 aromatic heterocycles. The van der Waals surface area contributed by atoms with E-state index in [2.05, 4.69) is 9.97 Å². The van der Waals surface area contributed by atoms with Gasteiger partial charge in [-0.2, -0.15) is 0 Å². The number of hydrogen-bond acceptors (Lipinski definition) is 5. The second-order valence-electron chi connectivity index (χ2n) is 6.38. The number of aryl methyl sites for hydroxylation is 1. The first kappa shape index (κ1) is 18.6. The van der Waals surface area contributed by atoms with Gasteiger partial charge in [0.1, 0.15) is 4.75 Å². The number of halogens is 1. The summed E-state index contributed by atoms with van der Waals surface area (Å²) in [6.45, 7) is 3.30. The summed E-state index contributed by atoms with van der Waals surface area (Å²) in [6.07, 6.45) is 4.98. The summed E-state index contributed by atoms with van der Waals surface area (Å²) in [5, 5.41) is 4.69. The normalized spacial score (nSPS) is 23.3. The van der Waals surface area contributed by atoms with E-state index in [1.807, 2.05) is 36.4 Å². The SMILES string of the molecule is Cc1nc(N)ncc1C1=CC(C)(S(N)(=O)=O)C(Cl)C(c2ccccc2)=C1. The van der Waals surface area contributed by atoms with E-state index in [-0.39, 0.29) is 5.95 Å². The van der Waals surface area contributed by atoms with Crippen molar-refractivity contribution in [3.8, 4) is 0 Å². The Kier molecular flexibility index (Phi) is 4.64. The molecule has 136 valence electrons. The lowest BCUT2D eigenvalue weighted by Crippen LogP contribution is -2.48. The summed E-state index contributed by atoms with van der Waals surface area (Å²) in [6, 6.07) is 9.36. The van der Waals surface area contributed by atoms with Crippen molar-refractivity contribution in [1.82, 2.24) is 9.97 Å². The molecular weight excluding hydrogens is 372 g/mol. The summed E-state index contributed by atoms with van der Waals surface area (Å²) >= 11 is 6.60. The van der Waals surface area contributed by atoms with E-state index in [0.717, 1.165) is 5.56 Å². The molecule has 1 aliphatic carbocycles. The molecule has 1 aliphatic rings. The van der Waals surface area contributed by atoms with Crippen molar-refractivity contribution in [2.24, 2.45) is 5.14 Å². The minimum atomic E-state index is -3.99. The molecular formula is C18H19ClN4O2S. The van der Waals surface area contributed by atoms with Crippen molar-refractivity contribution >= 4 is 38.7 Å². The van der Waals surface area contributed by atoms with Crippen LogP contribution in [0.25, 0.3) is 11.1 Å². The van der Waals surface area contributed by atoms with E-state index < -0.39 is 20.1 Å². The molecule has 3 rings (SSSR count). The van der Waals surface area contributed by atoms with Gasteiger partial charge in [0, 0.05) is 11.8 Å². The molecule has 6 nitrogen and oxygen atoms in total. The Morgan fingerprint density at radius 1 is 1.23 bits per heavy atom. The molecule has 0 spiro atoms. The van der Waals surface area contributed by atoms with E-state index in [4.69, 9.17) is 22.5 Å². The Hall–Kier alpha value is -2.22. The van der Waals surface area contributed by atoms with Gasteiger partial charge in [-0.15, -0.1) is 11.6 Å². The molecule has 2 unspecified atom stereocenters. The third-order valence-corrected chi connectivity index (χ3v) is 6.96. The quantitative estimate of drug-likeness (QED) is 0.782. The largest absolute Gasteiger partial charge is 0.368 e. The molecule has 2 atom stereocenters. The van der Waals surface area contributed by atoms with Crippen molar-refractivity contribution in [2.45, 2.75) is 24.0 Å². The molecule has 26 heavy (non-hydrogen) atoms. The van der Waals surface area contributed by atoms with Crippen molar-refractivity contribution < 1.29 is 8.42 Å². The number of benzene rings is 1. The number of nitrogens with two attached hydrogens (primary N) is 2. The van der Waals surface area contributed by atoms with Crippen LogP contribution in [0.5, 0.6) is 0 Å². The molecule has 0 radical (unpaired) electrons. The van der Waals surface area contributed by atoms with Crippen LogP contribution < -0.4 is 10.9 Å². The topological polar surface area (TPSA) is 112 Å². The van der Waals surface area contributed by atoms with Crippen LogP contribution in [0.4, 0.5) is 5.95 Å². The van der Waals surface area contributed by atoms with Crippen LogP contribution in [0.2, 0.25) is 0 Å². The number of alkyl halides is 1. The second-order valence-corrected chi connectivity index (χ2v) is 8.79. The van der Waals surface area contributed by atoms with Gasteiger partial charge in [0.15, 0.2) is 0 Å². The Bertz CT molecular complexity index is 1020. The minimum absolute atomic E-state index is 0.152. The molecule has 4 N–H and O–H groups in total. The Morgan fingerprint density at radius 3 is 2.46 bits per heavy atom. The lowest BCUT2D eigenvalue weighted by molar-refractivity contribution is 0.567. The zero-order chi connectivity index (χ0) is 19.1. The van der Waals surface area contributed by atoms with Crippen molar-refractivity contribution in [2.75, 3.05) is 5.73 Å².